The van der Waals surface area contributed by atoms with Crippen LogP contribution >= 0.6 is 0 Å². The maximum atomic E-state index is 11.5. The molecule has 0 amide bonds. The summed E-state index contributed by atoms with van der Waals surface area (Å²) in [5.74, 6) is 3.97. The van der Waals surface area contributed by atoms with Gasteiger partial charge < -0.3 is 0 Å². The molecule has 0 aromatic heterocycles. The van der Waals surface area contributed by atoms with Gasteiger partial charge in [0, 0.05) is 25.7 Å². The third-order valence-corrected chi connectivity index (χ3v) is 5.88. The van der Waals surface area contributed by atoms with Gasteiger partial charge in [-0.25, -0.2) is 0 Å². The summed E-state index contributed by atoms with van der Waals surface area (Å²) in [6.45, 7) is 4.63. The molecule has 2 aliphatic rings. The van der Waals surface area contributed by atoms with Crippen LogP contribution in [-0.2, 0) is 9.59 Å². The van der Waals surface area contributed by atoms with Crippen LogP contribution in [0.3, 0.4) is 0 Å². The molecule has 2 heteroatoms. The second kappa shape index (κ2) is 7.38. The fourth-order valence-electron chi connectivity index (χ4n) is 4.75. The van der Waals surface area contributed by atoms with E-state index in [0.29, 0.717) is 11.6 Å². The van der Waals surface area contributed by atoms with Crippen molar-refractivity contribution in [3.63, 3.8) is 0 Å². The zero-order valence-electron chi connectivity index (χ0n) is 13.2. The molecule has 2 fully saturated rings. The van der Waals surface area contributed by atoms with E-state index >= 15 is 0 Å². The van der Waals surface area contributed by atoms with E-state index < -0.39 is 0 Å². The molecule has 2 nitrogen and oxygen atoms in total. The summed E-state index contributed by atoms with van der Waals surface area (Å²) < 4.78 is 0. The average Bonchev–Trinajstić information content (AvgIpc) is 2.47. The Balaban J connectivity index is 1.99. The molecule has 114 valence electrons. The van der Waals surface area contributed by atoms with E-state index in [1.807, 2.05) is 0 Å². The summed E-state index contributed by atoms with van der Waals surface area (Å²) in [6.07, 6.45) is 10.1. The van der Waals surface area contributed by atoms with Crippen molar-refractivity contribution in [2.45, 2.75) is 78.1 Å². The first-order valence-electron chi connectivity index (χ1n) is 8.69. The minimum atomic E-state index is 0.465. The highest BCUT2D eigenvalue weighted by Crippen LogP contribution is 2.43. The minimum Gasteiger partial charge on any atom is -0.300 e. The largest absolute Gasteiger partial charge is 0.300 e. The van der Waals surface area contributed by atoms with Crippen LogP contribution < -0.4 is 0 Å². The van der Waals surface area contributed by atoms with Crippen LogP contribution in [0.2, 0.25) is 0 Å². The normalized spacial score (nSPS) is 25.7. The van der Waals surface area contributed by atoms with Crippen LogP contribution in [0.5, 0.6) is 0 Å². The van der Waals surface area contributed by atoms with E-state index in [1.165, 1.54) is 12.8 Å². The molecule has 0 radical (unpaired) electrons. The Hall–Kier alpha value is -0.660. The smallest absolute Gasteiger partial charge is 0.132 e. The highest BCUT2D eigenvalue weighted by atomic mass is 16.1. The van der Waals surface area contributed by atoms with E-state index in [2.05, 4.69) is 13.8 Å². The molecule has 0 saturated heterocycles. The van der Waals surface area contributed by atoms with E-state index in [9.17, 15) is 9.59 Å². The van der Waals surface area contributed by atoms with Crippen molar-refractivity contribution in [3.05, 3.63) is 0 Å². The molecular formula is C18H30O2. The van der Waals surface area contributed by atoms with E-state index in [4.69, 9.17) is 0 Å². The minimum absolute atomic E-state index is 0.465. The molecule has 0 bridgehead atoms. The topological polar surface area (TPSA) is 34.1 Å². The van der Waals surface area contributed by atoms with Crippen LogP contribution in [0.4, 0.5) is 0 Å². The van der Waals surface area contributed by atoms with Crippen molar-refractivity contribution in [1.82, 2.24) is 0 Å². The van der Waals surface area contributed by atoms with Gasteiger partial charge in [-0.15, -0.1) is 0 Å². The molecule has 0 heterocycles. The highest BCUT2D eigenvalue weighted by Gasteiger charge is 2.35. The standard InChI is InChI=1S/C18H30O2/c1-3-17(13-5-9-15(19)10-6-13)18(4-2)14-7-11-16(20)12-8-14/h13-14,17-18H,3-12H2,1-2H3. The fourth-order valence-corrected chi connectivity index (χ4v) is 4.75. The van der Waals surface area contributed by atoms with Gasteiger partial charge in [-0.1, -0.05) is 26.7 Å². The third-order valence-electron chi connectivity index (χ3n) is 5.88. The maximum absolute atomic E-state index is 11.5. The second-order valence-corrected chi connectivity index (χ2v) is 6.90. The summed E-state index contributed by atoms with van der Waals surface area (Å²) in [5, 5.41) is 0. The first-order chi connectivity index (χ1) is 9.65. The van der Waals surface area contributed by atoms with Gasteiger partial charge in [0.05, 0.1) is 0 Å². The van der Waals surface area contributed by atoms with Crippen LogP contribution in [0, 0.1) is 23.7 Å². The molecule has 0 N–H and O–H groups in total. The zero-order valence-corrected chi connectivity index (χ0v) is 13.2. The van der Waals surface area contributed by atoms with Crippen LogP contribution in [0.1, 0.15) is 78.1 Å². The van der Waals surface area contributed by atoms with Crippen molar-refractivity contribution < 1.29 is 9.59 Å². The molecule has 2 atom stereocenters. The molecule has 2 unspecified atom stereocenters. The van der Waals surface area contributed by atoms with E-state index in [0.717, 1.165) is 75.0 Å². The van der Waals surface area contributed by atoms with Gasteiger partial charge in [-0.05, 0) is 49.4 Å². The highest BCUT2D eigenvalue weighted by molar-refractivity contribution is 5.79. The number of carbonyl (C=O) groups excluding carboxylic acids is 2. The molecular weight excluding hydrogens is 248 g/mol. The predicted octanol–water partition coefficient (Wildman–Crippen LogP) is 4.56. The average molecular weight is 278 g/mol. The number of hydrogen-bond donors (Lipinski definition) is 0. The van der Waals surface area contributed by atoms with Crippen molar-refractivity contribution in [1.29, 1.82) is 0 Å². The Labute approximate surface area is 123 Å². The van der Waals surface area contributed by atoms with Crippen LogP contribution in [0.15, 0.2) is 0 Å². The Kier molecular flexibility index (Phi) is 5.80. The first-order valence-corrected chi connectivity index (χ1v) is 8.69. The van der Waals surface area contributed by atoms with Crippen molar-refractivity contribution in [2.75, 3.05) is 0 Å². The molecule has 2 aliphatic carbocycles. The SMILES string of the molecule is CCC(C1CCC(=O)CC1)C(CC)C1CCC(=O)CC1. The van der Waals surface area contributed by atoms with Gasteiger partial charge >= 0.3 is 0 Å². The molecule has 20 heavy (non-hydrogen) atoms. The number of ketones is 2. The summed E-state index contributed by atoms with van der Waals surface area (Å²) in [4.78, 5) is 22.9. The molecule has 2 rings (SSSR count). The Morgan fingerprint density at radius 2 is 1.05 bits per heavy atom. The summed E-state index contributed by atoms with van der Waals surface area (Å²) in [5.41, 5.74) is 0. The lowest BCUT2D eigenvalue weighted by atomic mass is 9.65. The van der Waals surface area contributed by atoms with Gasteiger partial charge in [0.2, 0.25) is 0 Å². The number of hydrogen-bond acceptors (Lipinski definition) is 2. The van der Waals surface area contributed by atoms with Gasteiger partial charge in [-0.3, -0.25) is 9.59 Å². The van der Waals surface area contributed by atoms with Gasteiger partial charge in [0.15, 0.2) is 0 Å². The molecule has 0 aromatic rings. The summed E-state index contributed by atoms with van der Waals surface area (Å²) in [7, 11) is 0. The molecule has 2 saturated carbocycles. The number of rotatable bonds is 5. The second-order valence-electron chi connectivity index (χ2n) is 6.90. The van der Waals surface area contributed by atoms with E-state index in [-0.39, 0.29) is 0 Å². The predicted molar refractivity (Wildman–Crippen MR) is 81.5 cm³/mol. The van der Waals surface area contributed by atoms with Crippen molar-refractivity contribution in [2.24, 2.45) is 23.7 Å². The van der Waals surface area contributed by atoms with Crippen LogP contribution in [0.25, 0.3) is 0 Å². The number of Topliss-reactive ketones (excluding diaryl/α,β-unsaturated/α-hetero) is 2. The third kappa shape index (κ3) is 3.71. The molecule has 0 aromatic carbocycles. The van der Waals surface area contributed by atoms with Crippen LogP contribution in [-0.4, -0.2) is 11.6 Å². The zero-order chi connectivity index (χ0) is 14.5. The lowest BCUT2D eigenvalue weighted by Gasteiger charge is -2.40. The fraction of sp³-hybridized carbons (Fsp3) is 0.889. The monoisotopic (exact) mass is 278 g/mol. The molecule has 0 aliphatic heterocycles. The van der Waals surface area contributed by atoms with Gasteiger partial charge in [-0.2, -0.15) is 0 Å². The lowest BCUT2D eigenvalue weighted by Crippen LogP contribution is -2.33. The van der Waals surface area contributed by atoms with Crippen molar-refractivity contribution >= 4 is 11.6 Å². The van der Waals surface area contributed by atoms with E-state index in [1.54, 1.807) is 0 Å². The van der Waals surface area contributed by atoms with Gasteiger partial charge in [0.1, 0.15) is 11.6 Å². The lowest BCUT2D eigenvalue weighted by molar-refractivity contribution is -0.123. The number of carbonyl (C=O) groups is 2. The Morgan fingerprint density at radius 1 is 0.750 bits per heavy atom. The Morgan fingerprint density at radius 3 is 1.30 bits per heavy atom. The molecule has 0 spiro atoms. The maximum Gasteiger partial charge on any atom is 0.132 e. The summed E-state index contributed by atoms with van der Waals surface area (Å²) >= 11 is 0. The Bertz CT molecular complexity index is 293. The summed E-state index contributed by atoms with van der Waals surface area (Å²) in [6, 6.07) is 0. The first kappa shape index (κ1) is 15.7. The van der Waals surface area contributed by atoms with Crippen molar-refractivity contribution in [3.8, 4) is 0 Å². The van der Waals surface area contributed by atoms with Gasteiger partial charge in [0.25, 0.3) is 0 Å². The quantitative estimate of drug-likeness (QED) is 0.739.